The molecule has 2 fully saturated rings. The van der Waals surface area contributed by atoms with E-state index in [1.54, 1.807) is 0 Å². The van der Waals surface area contributed by atoms with Crippen LogP contribution < -0.4 is 18.9 Å². The molecule has 60 heavy (non-hydrogen) atoms. The molecule has 0 aromatic heterocycles. The van der Waals surface area contributed by atoms with Gasteiger partial charge in [0.15, 0.2) is 0 Å². The monoisotopic (exact) mass is 823 g/mol. The van der Waals surface area contributed by atoms with E-state index in [2.05, 4.69) is 79.7 Å². The van der Waals surface area contributed by atoms with Gasteiger partial charge in [0.25, 0.3) is 0 Å². The van der Waals surface area contributed by atoms with Crippen LogP contribution in [-0.4, -0.2) is 77.8 Å². The lowest BCUT2D eigenvalue weighted by atomic mass is 10.0. The zero-order chi connectivity index (χ0) is 41.3. The molecule has 0 spiro atoms. The summed E-state index contributed by atoms with van der Waals surface area (Å²) in [5, 5.41) is 0. The van der Waals surface area contributed by atoms with Crippen molar-refractivity contribution < 1.29 is 37.9 Å². The highest BCUT2D eigenvalue weighted by Gasteiger charge is 2.22. The summed E-state index contributed by atoms with van der Waals surface area (Å²) in [4.78, 5) is 0. The third-order valence-corrected chi connectivity index (χ3v) is 11.1. The van der Waals surface area contributed by atoms with Crippen LogP contribution in [0.1, 0.15) is 103 Å². The van der Waals surface area contributed by atoms with E-state index in [-0.39, 0.29) is 6.10 Å². The van der Waals surface area contributed by atoms with Crippen LogP contribution in [0.25, 0.3) is 22.3 Å². The molecular formula is C52H70O8. The fraction of sp³-hybridized carbons (Fsp3) is 0.538. The number of benzene rings is 4. The highest BCUT2D eigenvalue weighted by Crippen LogP contribution is 2.27. The third-order valence-electron chi connectivity index (χ3n) is 11.1. The fourth-order valence-corrected chi connectivity index (χ4v) is 7.29. The van der Waals surface area contributed by atoms with Crippen LogP contribution in [-0.2, 0) is 18.9 Å². The van der Waals surface area contributed by atoms with Crippen molar-refractivity contribution in [3.63, 3.8) is 0 Å². The summed E-state index contributed by atoms with van der Waals surface area (Å²) in [5.41, 5.74) is 4.67. The Kier molecular flexibility index (Phi) is 20.4. The summed E-state index contributed by atoms with van der Waals surface area (Å²) in [5.74, 6) is 3.59. The second kappa shape index (κ2) is 27.0. The van der Waals surface area contributed by atoms with Crippen LogP contribution in [0, 0.1) is 0 Å². The van der Waals surface area contributed by atoms with E-state index in [9.17, 15) is 0 Å². The standard InChI is InChI=1S/C52H70O8/c1-42(60-50-31-23-46(24-32-50)45-21-29-49(30-22-45)57-37-35-54-39-52-41-59-52)16-14-12-10-8-6-4-2-3-5-7-9-11-13-15-33-55-47-25-17-43(18-26-47)44-19-27-48(28-20-44)56-36-34-53-38-51-40-58-51/h17-32,42,51-52H,2-16,33-41H2,1H3. The first-order valence-electron chi connectivity index (χ1n) is 23.0. The van der Waals surface area contributed by atoms with Gasteiger partial charge < -0.3 is 37.9 Å². The highest BCUT2D eigenvalue weighted by atomic mass is 16.6. The maximum Gasteiger partial charge on any atom is 0.119 e. The SMILES string of the molecule is CC(CCCCCCCCCCCCCCCCOc1ccc(-c2ccc(OCCOCC3CO3)cc2)cc1)Oc1ccc(-c2ccc(OCCOCC3CO3)cc2)cc1. The summed E-state index contributed by atoms with van der Waals surface area (Å²) < 4.78 is 45.2. The van der Waals surface area contributed by atoms with E-state index in [1.807, 2.05) is 24.3 Å². The first-order chi connectivity index (χ1) is 29.7. The van der Waals surface area contributed by atoms with Gasteiger partial charge in [0.1, 0.15) is 48.4 Å². The maximum atomic E-state index is 6.23. The van der Waals surface area contributed by atoms with Gasteiger partial charge in [-0.25, -0.2) is 0 Å². The lowest BCUT2D eigenvalue weighted by molar-refractivity contribution is 0.0878. The molecule has 2 saturated heterocycles. The molecule has 6 rings (SSSR count). The van der Waals surface area contributed by atoms with E-state index < -0.39 is 0 Å². The summed E-state index contributed by atoms with van der Waals surface area (Å²) in [6.07, 6.45) is 20.4. The lowest BCUT2D eigenvalue weighted by Crippen LogP contribution is -2.11. The normalized spacial score (nSPS) is 16.0. The predicted molar refractivity (Wildman–Crippen MR) is 241 cm³/mol. The second-order valence-electron chi connectivity index (χ2n) is 16.4. The van der Waals surface area contributed by atoms with Crippen molar-refractivity contribution in [1.29, 1.82) is 0 Å². The molecule has 8 nitrogen and oxygen atoms in total. The minimum Gasteiger partial charge on any atom is -0.494 e. The molecule has 0 amide bonds. The first kappa shape index (κ1) is 45.4. The van der Waals surface area contributed by atoms with Crippen molar-refractivity contribution >= 4 is 0 Å². The topological polar surface area (TPSA) is 80.4 Å². The Bertz CT molecular complexity index is 1680. The lowest BCUT2D eigenvalue weighted by Gasteiger charge is -2.15. The van der Waals surface area contributed by atoms with Crippen molar-refractivity contribution in [2.24, 2.45) is 0 Å². The predicted octanol–water partition coefficient (Wildman–Crippen LogP) is 12.3. The van der Waals surface area contributed by atoms with Crippen molar-refractivity contribution in [2.75, 3.05) is 59.5 Å². The van der Waals surface area contributed by atoms with E-state index in [0.717, 1.165) is 61.2 Å². The van der Waals surface area contributed by atoms with Crippen molar-refractivity contribution in [2.45, 2.75) is 122 Å². The van der Waals surface area contributed by atoms with Crippen molar-refractivity contribution in [1.82, 2.24) is 0 Å². The zero-order valence-corrected chi connectivity index (χ0v) is 36.2. The van der Waals surface area contributed by atoms with Crippen LogP contribution in [0.2, 0.25) is 0 Å². The molecule has 0 radical (unpaired) electrons. The Morgan fingerprint density at radius 3 is 1.08 bits per heavy atom. The highest BCUT2D eigenvalue weighted by molar-refractivity contribution is 5.65. The fourth-order valence-electron chi connectivity index (χ4n) is 7.29. The van der Waals surface area contributed by atoms with Crippen LogP contribution in [0.15, 0.2) is 97.1 Å². The Labute approximate surface area is 360 Å². The number of ether oxygens (including phenoxy) is 8. The van der Waals surface area contributed by atoms with Gasteiger partial charge in [-0.2, -0.15) is 0 Å². The van der Waals surface area contributed by atoms with Gasteiger partial charge in [-0.05, 0) is 97.0 Å². The van der Waals surface area contributed by atoms with Crippen molar-refractivity contribution in [3.8, 4) is 45.3 Å². The maximum absolute atomic E-state index is 6.23. The molecule has 8 heteroatoms. The van der Waals surface area contributed by atoms with Gasteiger partial charge in [-0.15, -0.1) is 0 Å². The van der Waals surface area contributed by atoms with Crippen LogP contribution >= 0.6 is 0 Å². The zero-order valence-electron chi connectivity index (χ0n) is 36.2. The van der Waals surface area contributed by atoms with Crippen LogP contribution in [0.5, 0.6) is 23.0 Å². The average Bonchev–Trinajstić information content (AvgIpc) is 4.23. The van der Waals surface area contributed by atoms with Gasteiger partial charge in [-0.1, -0.05) is 126 Å². The molecule has 2 heterocycles. The van der Waals surface area contributed by atoms with Gasteiger partial charge in [0, 0.05) is 0 Å². The molecule has 2 aliphatic rings. The number of unbranched alkanes of at least 4 members (excludes halogenated alkanes) is 13. The Morgan fingerprint density at radius 1 is 0.400 bits per heavy atom. The molecule has 2 aliphatic heterocycles. The molecule has 4 aromatic rings. The van der Waals surface area contributed by atoms with Gasteiger partial charge in [0.05, 0.1) is 52.4 Å². The molecule has 0 N–H and O–H groups in total. The summed E-state index contributed by atoms with van der Waals surface area (Å²) in [7, 11) is 0. The molecule has 3 atom stereocenters. The quantitative estimate of drug-likeness (QED) is 0.0340. The average molecular weight is 823 g/mol. The Morgan fingerprint density at radius 2 is 0.717 bits per heavy atom. The molecular weight excluding hydrogens is 753 g/mol. The summed E-state index contributed by atoms with van der Waals surface area (Å²) in [6, 6.07) is 33.3. The van der Waals surface area contributed by atoms with E-state index in [0.29, 0.717) is 51.8 Å². The molecule has 0 bridgehead atoms. The van der Waals surface area contributed by atoms with Gasteiger partial charge in [-0.3, -0.25) is 0 Å². The minimum absolute atomic E-state index is 0.228. The van der Waals surface area contributed by atoms with Crippen LogP contribution in [0.3, 0.4) is 0 Å². The first-order valence-corrected chi connectivity index (χ1v) is 23.0. The summed E-state index contributed by atoms with van der Waals surface area (Å²) >= 11 is 0. The number of rotatable bonds is 34. The molecule has 4 aromatic carbocycles. The number of hydrogen-bond donors (Lipinski definition) is 0. The second-order valence-corrected chi connectivity index (χ2v) is 16.4. The summed E-state index contributed by atoms with van der Waals surface area (Å²) in [6.45, 7) is 8.17. The van der Waals surface area contributed by atoms with E-state index in [1.165, 1.54) is 100 Å². The molecule has 0 saturated carbocycles. The molecule has 326 valence electrons. The van der Waals surface area contributed by atoms with Gasteiger partial charge in [0.2, 0.25) is 0 Å². The van der Waals surface area contributed by atoms with Crippen LogP contribution in [0.4, 0.5) is 0 Å². The van der Waals surface area contributed by atoms with Crippen molar-refractivity contribution in [3.05, 3.63) is 97.1 Å². The number of epoxide rings is 2. The smallest absolute Gasteiger partial charge is 0.119 e. The number of hydrogen-bond acceptors (Lipinski definition) is 8. The van der Waals surface area contributed by atoms with E-state index >= 15 is 0 Å². The molecule has 3 unspecified atom stereocenters. The van der Waals surface area contributed by atoms with Gasteiger partial charge >= 0.3 is 0 Å². The Hall–Kier alpha value is -4.08. The third kappa shape index (κ3) is 18.7. The van der Waals surface area contributed by atoms with E-state index in [4.69, 9.17) is 37.9 Å². The largest absolute Gasteiger partial charge is 0.494 e. The minimum atomic E-state index is 0.228. The molecule has 0 aliphatic carbocycles. The Balaban J connectivity index is 0.680.